The second-order valence-corrected chi connectivity index (χ2v) is 8.08. The monoisotopic (exact) mass is 317 g/mol. The first kappa shape index (κ1) is 15.2. The predicted octanol–water partition coefficient (Wildman–Crippen LogP) is -0.288. The Morgan fingerprint density at radius 2 is 1.67 bits per heavy atom. The molecule has 1 unspecified atom stereocenters. The van der Waals surface area contributed by atoms with Gasteiger partial charge in [0.15, 0.2) is 0 Å². The first-order valence-corrected chi connectivity index (χ1v) is 9.12. The normalized spacial score (nSPS) is 35.0. The van der Waals surface area contributed by atoms with Crippen molar-refractivity contribution in [3.8, 4) is 0 Å². The van der Waals surface area contributed by atoms with Crippen molar-refractivity contribution in [3.05, 3.63) is 0 Å². The Morgan fingerprint density at radius 1 is 1.05 bits per heavy atom. The molecule has 2 bridgehead atoms. The van der Waals surface area contributed by atoms with Crippen LogP contribution in [0.2, 0.25) is 0 Å². The van der Waals surface area contributed by atoms with Crippen molar-refractivity contribution in [2.75, 3.05) is 32.7 Å². The van der Waals surface area contributed by atoms with Crippen LogP contribution in [0.25, 0.3) is 0 Å². The first-order valence-electron chi connectivity index (χ1n) is 7.68. The summed E-state index contributed by atoms with van der Waals surface area (Å²) < 4.78 is 29.2. The lowest BCUT2D eigenvalue weighted by Crippen LogP contribution is -2.59. The lowest BCUT2D eigenvalue weighted by molar-refractivity contribution is -0.142. The van der Waals surface area contributed by atoms with E-state index in [-0.39, 0.29) is 6.04 Å². The Labute approximate surface area is 125 Å². The number of hydrogen-bond donors (Lipinski definition) is 2. The molecule has 0 aliphatic carbocycles. The second-order valence-electron chi connectivity index (χ2n) is 6.38. The molecule has 0 aromatic heterocycles. The first-order chi connectivity index (χ1) is 9.95. The van der Waals surface area contributed by atoms with E-state index in [1.165, 1.54) is 4.31 Å². The molecular formula is C13H23N3O4S. The van der Waals surface area contributed by atoms with E-state index in [0.29, 0.717) is 31.8 Å². The molecule has 4 heterocycles. The topological polar surface area (TPSA) is 90.0 Å². The molecular weight excluding hydrogens is 294 g/mol. The average Bonchev–Trinajstić information content (AvgIpc) is 2.48. The van der Waals surface area contributed by atoms with Crippen LogP contribution in [0.5, 0.6) is 0 Å². The highest BCUT2D eigenvalue weighted by atomic mass is 32.2. The molecule has 7 nitrogen and oxygen atoms in total. The van der Waals surface area contributed by atoms with Crippen LogP contribution in [-0.2, 0) is 15.0 Å². The van der Waals surface area contributed by atoms with Crippen molar-refractivity contribution in [3.63, 3.8) is 0 Å². The van der Waals surface area contributed by atoms with Crippen LogP contribution >= 0.6 is 0 Å². The van der Waals surface area contributed by atoms with E-state index in [1.54, 1.807) is 0 Å². The Kier molecular flexibility index (Phi) is 4.22. The van der Waals surface area contributed by atoms with Crippen molar-refractivity contribution in [1.82, 2.24) is 13.9 Å². The summed E-state index contributed by atoms with van der Waals surface area (Å²) in [6.45, 7) is 3.55. The quantitative estimate of drug-likeness (QED) is 0.744. The number of piperidine rings is 4. The van der Waals surface area contributed by atoms with Crippen LogP contribution in [0.1, 0.15) is 25.7 Å². The molecule has 2 N–H and O–H groups in total. The van der Waals surface area contributed by atoms with Crippen molar-refractivity contribution >= 4 is 16.2 Å². The van der Waals surface area contributed by atoms with E-state index < -0.39 is 22.1 Å². The van der Waals surface area contributed by atoms with Crippen LogP contribution in [0.4, 0.5) is 0 Å². The van der Waals surface area contributed by atoms with Gasteiger partial charge in [-0.05, 0) is 44.7 Å². The minimum Gasteiger partial charge on any atom is -0.481 e. The van der Waals surface area contributed by atoms with Crippen molar-refractivity contribution in [2.24, 2.45) is 11.8 Å². The Balaban J connectivity index is 1.59. The highest BCUT2D eigenvalue weighted by Gasteiger charge is 2.38. The van der Waals surface area contributed by atoms with Gasteiger partial charge >= 0.3 is 5.97 Å². The van der Waals surface area contributed by atoms with Gasteiger partial charge in [0, 0.05) is 25.7 Å². The maximum Gasteiger partial charge on any atom is 0.306 e. The number of carboxylic acid groups (broad SMARTS) is 1. The third kappa shape index (κ3) is 3.23. The maximum atomic E-state index is 12.5. The molecule has 4 aliphatic heterocycles. The fraction of sp³-hybridized carbons (Fsp3) is 0.923. The zero-order valence-corrected chi connectivity index (χ0v) is 12.9. The fourth-order valence-electron chi connectivity index (χ4n) is 3.71. The van der Waals surface area contributed by atoms with Gasteiger partial charge in [-0.3, -0.25) is 4.79 Å². The van der Waals surface area contributed by atoms with Gasteiger partial charge in [0.05, 0.1) is 5.92 Å². The maximum absolute atomic E-state index is 12.5. The second kappa shape index (κ2) is 5.83. The van der Waals surface area contributed by atoms with Gasteiger partial charge in [-0.15, -0.1) is 0 Å². The van der Waals surface area contributed by atoms with E-state index >= 15 is 0 Å². The van der Waals surface area contributed by atoms with Crippen LogP contribution in [0.3, 0.4) is 0 Å². The molecule has 4 fully saturated rings. The number of fused-ring (bicyclic) bond motifs is 3. The van der Waals surface area contributed by atoms with Crippen molar-refractivity contribution in [2.45, 2.75) is 31.7 Å². The van der Waals surface area contributed by atoms with Crippen LogP contribution in [-0.4, -0.2) is 67.5 Å². The smallest absolute Gasteiger partial charge is 0.306 e. The number of aliphatic carboxylic acids is 1. The van der Waals surface area contributed by atoms with Gasteiger partial charge in [-0.25, -0.2) is 0 Å². The molecule has 0 spiro atoms. The summed E-state index contributed by atoms with van der Waals surface area (Å²) in [6, 6.07) is 0.00898. The summed E-state index contributed by atoms with van der Waals surface area (Å²) in [6.07, 6.45) is 2.93. The Hall–Kier alpha value is -0.700. The van der Waals surface area contributed by atoms with Crippen molar-refractivity contribution in [1.29, 1.82) is 0 Å². The molecule has 4 aliphatic rings. The van der Waals surface area contributed by atoms with Crippen LogP contribution < -0.4 is 4.72 Å². The van der Waals surface area contributed by atoms with Crippen LogP contribution in [0, 0.1) is 11.8 Å². The standard InChI is InChI=1S/C13H23N3O4S/c17-13(18)11-3-7-16(8-4-11)21(19,20)14-12-9-15-5-1-10(12)2-6-15/h10-12,14H,1-9H2,(H,17,18). The molecule has 21 heavy (non-hydrogen) atoms. The summed E-state index contributed by atoms with van der Waals surface area (Å²) in [5.41, 5.74) is 0. The van der Waals surface area contributed by atoms with E-state index in [0.717, 1.165) is 32.5 Å². The summed E-state index contributed by atoms with van der Waals surface area (Å²) in [5.74, 6) is -0.785. The largest absolute Gasteiger partial charge is 0.481 e. The molecule has 4 saturated heterocycles. The molecule has 1 atom stereocenters. The van der Waals surface area contributed by atoms with E-state index in [1.807, 2.05) is 0 Å². The number of rotatable bonds is 4. The third-order valence-corrected chi connectivity index (χ3v) is 6.75. The molecule has 120 valence electrons. The number of nitrogens with one attached hydrogen (secondary N) is 1. The van der Waals surface area contributed by atoms with Gasteiger partial charge in [0.2, 0.25) is 0 Å². The summed E-state index contributed by atoms with van der Waals surface area (Å²) in [4.78, 5) is 13.2. The summed E-state index contributed by atoms with van der Waals surface area (Å²) in [5, 5.41) is 8.97. The molecule has 0 aromatic carbocycles. The summed E-state index contributed by atoms with van der Waals surface area (Å²) >= 11 is 0. The van der Waals surface area contributed by atoms with E-state index in [4.69, 9.17) is 5.11 Å². The zero-order valence-electron chi connectivity index (χ0n) is 12.1. The fourth-order valence-corrected chi connectivity index (χ4v) is 5.20. The predicted molar refractivity (Wildman–Crippen MR) is 76.9 cm³/mol. The molecule has 4 rings (SSSR count). The number of carboxylic acids is 1. The van der Waals surface area contributed by atoms with E-state index in [2.05, 4.69) is 9.62 Å². The molecule has 0 radical (unpaired) electrons. The summed E-state index contributed by atoms with van der Waals surface area (Å²) in [7, 11) is -3.49. The number of carbonyl (C=O) groups is 1. The van der Waals surface area contributed by atoms with Gasteiger partial charge in [-0.2, -0.15) is 17.4 Å². The average molecular weight is 317 g/mol. The van der Waals surface area contributed by atoms with Gasteiger partial charge in [0.1, 0.15) is 0 Å². The highest BCUT2D eigenvalue weighted by Crippen LogP contribution is 2.28. The van der Waals surface area contributed by atoms with Gasteiger partial charge in [0.25, 0.3) is 10.2 Å². The Morgan fingerprint density at radius 3 is 2.14 bits per heavy atom. The van der Waals surface area contributed by atoms with E-state index in [9.17, 15) is 13.2 Å². The minimum atomic E-state index is -3.49. The molecule has 8 heteroatoms. The van der Waals surface area contributed by atoms with Crippen molar-refractivity contribution < 1.29 is 18.3 Å². The minimum absolute atomic E-state index is 0.00898. The number of nitrogens with zero attached hydrogens (tertiary/aromatic N) is 2. The lowest BCUT2D eigenvalue weighted by atomic mass is 9.85. The zero-order chi connectivity index (χ0) is 15.0. The Bertz CT molecular complexity index is 494. The van der Waals surface area contributed by atoms with Crippen LogP contribution in [0.15, 0.2) is 0 Å². The highest BCUT2D eigenvalue weighted by molar-refractivity contribution is 7.87. The molecule has 0 saturated carbocycles. The third-order valence-electron chi connectivity index (χ3n) is 5.10. The van der Waals surface area contributed by atoms with Gasteiger partial charge in [-0.1, -0.05) is 0 Å². The molecule has 0 aromatic rings. The molecule has 0 amide bonds. The SMILES string of the molecule is O=C(O)C1CCN(S(=O)(=O)NC2CN3CCC2CC3)CC1. The lowest BCUT2D eigenvalue weighted by Gasteiger charge is -2.45. The number of hydrogen-bond acceptors (Lipinski definition) is 4. The van der Waals surface area contributed by atoms with Gasteiger partial charge < -0.3 is 10.0 Å².